The maximum atomic E-state index is 12.7. The van der Waals surface area contributed by atoms with Gasteiger partial charge in [-0.25, -0.2) is 9.78 Å². The molecule has 0 saturated carbocycles. The van der Waals surface area contributed by atoms with Gasteiger partial charge in [-0.2, -0.15) is 18.2 Å². The van der Waals surface area contributed by atoms with Crippen molar-refractivity contribution in [1.29, 1.82) is 0 Å². The highest BCUT2D eigenvalue weighted by Crippen LogP contribution is 2.31. The van der Waals surface area contributed by atoms with E-state index < -0.39 is 18.2 Å². The summed E-state index contributed by atoms with van der Waals surface area (Å²) in [5.41, 5.74) is 4.56. The van der Waals surface area contributed by atoms with Gasteiger partial charge < -0.3 is 25.8 Å². The molecule has 1 atom stereocenters. The lowest BCUT2D eigenvalue weighted by Gasteiger charge is -2.19. The van der Waals surface area contributed by atoms with Gasteiger partial charge in [0.05, 0.1) is 6.20 Å². The van der Waals surface area contributed by atoms with Crippen LogP contribution in [-0.4, -0.2) is 39.2 Å². The van der Waals surface area contributed by atoms with Gasteiger partial charge in [-0.3, -0.25) is 4.79 Å². The molecule has 1 amide bonds. The number of alkyl halides is 3. The minimum atomic E-state index is -5.08. The molecule has 42 heavy (non-hydrogen) atoms. The highest BCUT2D eigenvalue weighted by Gasteiger charge is 2.38. The van der Waals surface area contributed by atoms with E-state index in [4.69, 9.17) is 26.2 Å². The summed E-state index contributed by atoms with van der Waals surface area (Å²) in [5.74, 6) is -1.37. The molecule has 1 unspecified atom stereocenters. The van der Waals surface area contributed by atoms with Crippen LogP contribution in [0.1, 0.15) is 18.1 Å². The maximum Gasteiger partial charge on any atom is 0.490 e. The first-order chi connectivity index (χ1) is 20.0. The molecule has 0 spiro atoms. The van der Waals surface area contributed by atoms with Gasteiger partial charge >= 0.3 is 12.1 Å². The number of nitrogens with zero attached hydrogens (tertiary/aromatic N) is 2. The zero-order valence-corrected chi connectivity index (χ0v) is 22.8. The summed E-state index contributed by atoms with van der Waals surface area (Å²) in [5, 5.41) is 16.9. The van der Waals surface area contributed by atoms with Crippen LogP contribution in [0.4, 0.5) is 42.0 Å². The fourth-order valence-electron chi connectivity index (χ4n) is 3.84. The van der Waals surface area contributed by atoms with Crippen molar-refractivity contribution in [3.63, 3.8) is 0 Å². The number of aliphatic carboxylic acids is 1. The molecule has 9 nitrogen and oxygen atoms in total. The van der Waals surface area contributed by atoms with Gasteiger partial charge in [-0.05, 0) is 73.4 Å². The number of hydrogen-bond acceptors (Lipinski definition) is 7. The molecule has 1 aliphatic heterocycles. The number of carbonyl (C=O) groups is 2. The quantitative estimate of drug-likeness (QED) is 0.203. The first-order valence-electron chi connectivity index (χ1n) is 12.6. The fraction of sp³-hybridized carbons (Fsp3) is 0.172. The van der Waals surface area contributed by atoms with Gasteiger partial charge in [-0.15, -0.1) is 0 Å². The summed E-state index contributed by atoms with van der Waals surface area (Å²) in [4.78, 5) is 30.4. The standard InChI is InChI=1S/C27H24ClN5O2.C2HF3O2/c1-17(26(34)31-20-7-3-2-4-8-20)35-24-13-12-22-15-19(24)11-10-18-6-5-9-21(14-18)32-27-29-16-23(28)25(30-22)33-27;3-2(4,5)1(6)7/h2-9,12-17H,10-11H2,1H3,(H,31,34)(H2,29,30,32,33);(H,6,7). The predicted octanol–water partition coefficient (Wildman–Crippen LogP) is 6.76. The van der Waals surface area contributed by atoms with Crippen LogP contribution in [0, 0.1) is 0 Å². The SMILES string of the molecule is CC(Oc1ccc2cc1CCc1cccc(c1)Nc1ncc(Cl)c(n1)N2)C(=O)Nc1ccccc1.O=C(O)C(F)(F)F. The Morgan fingerprint density at radius 3 is 2.43 bits per heavy atom. The molecule has 13 heteroatoms. The van der Waals surface area contributed by atoms with Crippen LogP contribution in [0.5, 0.6) is 5.75 Å². The minimum Gasteiger partial charge on any atom is -0.481 e. The average Bonchev–Trinajstić information content (AvgIpc) is 2.95. The summed E-state index contributed by atoms with van der Waals surface area (Å²) in [6.45, 7) is 1.74. The molecular weight excluding hydrogens is 575 g/mol. The van der Waals surface area contributed by atoms with Crippen molar-refractivity contribution in [3.8, 4) is 5.75 Å². The molecule has 6 bridgehead atoms. The van der Waals surface area contributed by atoms with E-state index in [-0.39, 0.29) is 5.91 Å². The second-order valence-electron chi connectivity index (χ2n) is 9.08. The number of hydrogen-bond donors (Lipinski definition) is 4. The van der Waals surface area contributed by atoms with Crippen LogP contribution in [-0.2, 0) is 22.4 Å². The topological polar surface area (TPSA) is 125 Å². The van der Waals surface area contributed by atoms with Crippen LogP contribution >= 0.6 is 11.6 Å². The van der Waals surface area contributed by atoms with Crippen LogP contribution in [0.2, 0.25) is 5.02 Å². The number of carboxylic acid groups (broad SMARTS) is 1. The molecule has 218 valence electrons. The predicted molar refractivity (Wildman–Crippen MR) is 153 cm³/mol. The maximum absolute atomic E-state index is 12.7. The van der Waals surface area contributed by atoms with Crippen molar-refractivity contribution in [2.24, 2.45) is 0 Å². The second-order valence-corrected chi connectivity index (χ2v) is 9.49. The van der Waals surface area contributed by atoms with Crippen molar-refractivity contribution in [1.82, 2.24) is 9.97 Å². The van der Waals surface area contributed by atoms with E-state index in [2.05, 4.69) is 38.1 Å². The second kappa shape index (κ2) is 13.2. The van der Waals surface area contributed by atoms with Crippen molar-refractivity contribution in [2.75, 3.05) is 16.0 Å². The molecule has 4 N–H and O–H groups in total. The minimum absolute atomic E-state index is 0.214. The van der Waals surface area contributed by atoms with Gasteiger partial charge in [0.25, 0.3) is 5.91 Å². The van der Waals surface area contributed by atoms with E-state index >= 15 is 0 Å². The molecule has 4 aromatic rings. The number of fused-ring (bicyclic) bond motifs is 6. The number of carbonyl (C=O) groups excluding carboxylic acids is 1. The normalized spacial score (nSPS) is 12.8. The van der Waals surface area contributed by atoms with Crippen LogP contribution in [0.15, 0.2) is 79.0 Å². The highest BCUT2D eigenvalue weighted by molar-refractivity contribution is 6.32. The Bertz CT molecular complexity index is 1570. The Balaban J connectivity index is 0.000000517. The molecular formula is C29H25ClF3N5O4. The molecule has 0 fully saturated rings. The molecule has 2 heterocycles. The zero-order chi connectivity index (χ0) is 30.3. The van der Waals surface area contributed by atoms with Crippen molar-refractivity contribution < 1.29 is 32.6 Å². The third kappa shape index (κ3) is 8.33. The third-order valence-corrected chi connectivity index (χ3v) is 6.17. The molecule has 3 aromatic carbocycles. The van der Waals surface area contributed by atoms with Gasteiger partial charge in [0.15, 0.2) is 11.9 Å². The van der Waals surface area contributed by atoms with E-state index in [1.807, 2.05) is 60.7 Å². The van der Waals surface area contributed by atoms with Crippen LogP contribution < -0.4 is 20.7 Å². The summed E-state index contributed by atoms with van der Waals surface area (Å²) < 4.78 is 37.9. The van der Waals surface area contributed by atoms with Gasteiger partial charge in [-0.1, -0.05) is 41.9 Å². The molecule has 0 saturated heterocycles. The average molecular weight is 600 g/mol. The van der Waals surface area contributed by atoms with E-state index in [0.29, 0.717) is 22.5 Å². The highest BCUT2D eigenvalue weighted by atomic mass is 35.5. The molecule has 5 rings (SSSR count). The number of carboxylic acids is 1. The number of aromatic nitrogens is 2. The number of ether oxygens (including phenoxy) is 1. The number of para-hydroxylation sites is 1. The summed E-state index contributed by atoms with van der Waals surface area (Å²) in [7, 11) is 0. The summed E-state index contributed by atoms with van der Waals surface area (Å²) >= 11 is 6.35. The molecule has 0 radical (unpaired) electrons. The Hall–Kier alpha value is -4.84. The number of benzene rings is 3. The van der Waals surface area contributed by atoms with E-state index in [0.717, 1.165) is 41.0 Å². The Morgan fingerprint density at radius 1 is 1.00 bits per heavy atom. The Kier molecular flexibility index (Phi) is 9.48. The largest absolute Gasteiger partial charge is 0.490 e. The van der Waals surface area contributed by atoms with Crippen LogP contribution in [0.25, 0.3) is 0 Å². The van der Waals surface area contributed by atoms with Crippen LogP contribution in [0.3, 0.4) is 0 Å². The van der Waals surface area contributed by atoms with E-state index in [9.17, 15) is 18.0 Å². The van der Waals surface area contributed by atoms with E-state index in [1.165, 1.54) is 0 Å². The smallest absolute Gasteiger partial charge is 0.481 e. The number of nitrogens with one attached hydrogen (secondary N) is 3. The summed E-state index contributed by atoms with van der Waals surface area (Å²) in [6.07, 6.45) is -2.69. The van der Waals surface area contributed by atoms with Gasteiger partial charge in [0, 0.05) is 17.1 Å². The number of aryl methyl sites for hydroxylation is 2. The van der Waals surface area contributed by atoms with Gasteiger partial charge in [0.2, 0.25) is 5.95 Å². The first kappa shape index (κ1) is 30.1. The number of halogens is 4. The fourth-order valence-corrected chi connectivity index (χ4v) is 3.98. The number of amides is 1. The molecule has 0 aliphatic carbocycles. The van der Waals surface area contributed by atoms with Crippen molar-refractivity contribution >= 4 is 52.3 Å². The lowest BCUT2D eigenvalue weighted by molar-refractivity contribution is -0.192. The lowest BCUT2D eigenvalue weighted by atomic mass is 10.0. The lowest BCUT2D eigenvalue weighted by Crippen LogP contribution is -2.30. The third-order valence-electron chi connectivity index (χ3n) is 5.89. The molecule has 1 aliphatic rings. The number of rotatable bonds is 4. The molecule has 1 aromatic heterocycles. The van der Waals surface area contributed by atoms with Crippen molar-refractivity contribution in [2.45, 2.75) is 32.0 Å². The Morgan fingerprint density at radius 2 is 1.71 bits per heavy atom. The first-order valence-corrected chi connectivity index (χ1v) is 13.0. The Labute approximate surface area is 243 Å². The van der Waals surface area contributed by atoms with Crippen molar-refractivity contribution in [3.05, 3.63) is 95.1 Å². The monoisotopic (exact) mass is 599 g/mol. The zero-order valence-electron chi connectivity index (χ0n) is 22.1. The van der Waals surface area contributed by atoms with Gasteiger partial charge in [0.1, 0.15) is 10.8 Å². The van der Waals surface area contributed by atoms with E-state index in [1.54, 1.807) is 13.1 Å². The summed E-state index contributed by atoms with van der Waals surface area (Å²) in [6, 6.07) is 23.2. The number of anilines is 5.